The number of amides is 1. The number of nitrogens with two attached hydrogens (primary N) is 1. The van der Waals surface area contributed by atoms with Crippen molar-refractivity contribution in [2.24, 2.45) is 0 Å². The average Bonchev–Trinajstić information content (AvgIpc) is 2.54. The number of aromatic nitrogens is 3. The summed E-state index contributed by atoms with van der Waals surface area (Å²) in [5, 5.41) is 0.694. The Kier molecular flexibility index (Phi) is 3.65. The van der Waals surface area contributed by atoms with Gasteiger partial charge in [0, 0.05) is 31.4 Å². The molecule has 0 saturated heterocycles. The van der Waals surface area contributed by atoms with E-state index in [-0.39, 0.29) is 11.9 Å². The molecule has 2 aromatic heterocycles. The maximum atomic E-state index is 12.7. The molecule has 1 amide bonds. The van der Waals surface area contributed by atoms with Crippen LogP contribution in [0.2, 0.25) is 0 Å². The SMILES string of the molecule is CN(Cc1cccnc1)C(=O)c1nc(N)nc2ccccc12. The molecule has 1 aromatic carbocycles. The number of para-hydroxylation sites is 1. The van der Waals surface area contributed by atoms with Gasteiger partial charge in [0.1, 0.15) is 5.69 Å². The predicted octanol–water partition coefficient (Wildman–Crippen LogP) is 1.88. The molecule has 0 fully saturated rings. The smallest absolute Gasteiger partial charge is 0.273 e. The van der Waals surface area contributed by atoms with Crippen molar-refractivity contribution in [1.82, 2.24) is 19.9 Å². The third-order valence-corrected chi connectivity index (χ3v) is 3.31. The molecule has 3 aromatic rings. The number of fused-ring (bicyclic) bond motifs is 1. The van der Waals surface area contributed by atoms with E-state index in [2.05, 4.69) is 15.0 Å². The standard InChI is InChI=1S/C16H15N5O/c1-21(10-11-5-4-8-18-9-11)15(22)14-12-6-2-3-7-13(12)19-16(17)20-14/h2-9H,10H2,1H3,(H2,17,19,20). The van der Waals surface area contributed by atoms with Gasteiger partial charge in [0.05, 0.1) is 5.52 Å². The zero-order chi connectivity index (χ0) is 15.5. The molecule has 2 N–H and O–H groups in total. The highest BCUT2D eigenvalue weighted by Gasteiger charge is 2.18. The van der Waals surface area contributed by atoms with Gasteiger partial charge < -0.3 is 10.6 Å². The van der Waals surface area contributed by atoms with Gasteiger partial charge in [0.2, 0.25) is 5.95 Å². The summed E-state index contributed by atoms with van der Waals surface area (Å²) in [6.45, 7) is 0.449. The highest BCUT2D eigenvalue weighted by Crippen LogP contribution is 2.18. The highest BCUT2D eigenvalue weighted by atomic mass is 16.2. The Labute approximate surface area is 127 Å². The first-order chi connectivity index (χ1) is 10.6. The summed E-state index contributed by atoms with van der Waals surface area (Å²) in [6, 6.07) is 11.1. The predicted molar refractivity (Wildman–Crippen MR) is 84.0 cm³/mol. The minimum atomic E-state index is -0.200. The molecular weight excluding hydrogens is 278 g/mol. The molecule has 0 aliphatic carbocycles. The lowest BCUT2D eigenvalue weighted by atomic mass is 10.1. The number of anilines is 1. The summed E-state index contributed by atoms with van der Waals surface area (Å²) < 4.78 is 0. The Morgan fingerprint density at radius 1 is 1.18 bits per heavy atom. The number of carbonyl (C=O) groups is 1. The van der Waals surface area contributed by atoms with E-state index < -0.39 is 0 Å². The van der Waals surface area contributed by atoms with E-state index in [0.717, 1.165) is 5.56 Å². The fourth-order valence-corrected chi connectivity index (χ4v) is 2.28. The van der Waals surface area contributed by atoms with E-state index >= 15 is 0 Å². The van der Waals surface area contributed by atoms with E-state index in [4.69, 9.17) is 5.73 Å². The molecule has 0 aliphatic heterocycles. The molecule has 0 saturated carbocycles. The molecule has 0 aliphatic rings. The van der Waals surface area contributed by atoms with E-state index in [1.807, 2.05) is 36.4 Å². The molecule has 6 nitrogen and oxygen atoms in total. The van der Waals surface area contributed by atoms with Crippen LogP contribution in [0.25, 0.3) is 10.9 Å². The minimum absolute atomic E-state index is 0.0943. The number of hydrogen-bond donors (Lipinski definition) is 1. The highest BCUT2D eigenvalue weighted by molar-refractivity contribution is 6.04. The Balaban J connectivity index is 1.95. The molecule has 0 atom stereocenters. The molecule has 0 radical (unpaired) electrons. The molecule has 3 rings (SSSR count). The van der Waals surface area contributed by atoms with Gasteiger partial charge >= 0.3 is 0 Å². The first kappa shape index (κ1) is 13.9. The van der Waals surface area contributed by atoms with Crippen molar-refractivity contribution >= 4 is 22.8 Å². The van der Waals surface area contributed by atoms with Crippen molar-refractivity contribution in [3.8, 4) is 0 Å². The number of nitrogen functional groups attached to an aromatic ring is 1. The number of rotatable bonds is 3. The lowest BCUT2D eigenvalue weighted by molar-refractivity contribution is 0.0781. The van der Waals surface area contributed by atoms with Crippen LogP contribution in [0.4, 0.5) is 5.95 Å². The Bertz CT molecular complexity index is 819. The van der Waals surface area contributed by atoms with E-state index in [1.165, 1.54) is 0 Å². The van der Waals surface area contributed by atoms with Crippen molar-refractivity contribution in [2.75, 3.05) is 12.8 Å². The topological polar surface area (TPSA) is 85.0 Å². The van der Waals surface area contributed by atoms with Gasteiger partial charge in [0.25, 0.3) is 5.91 Å². The Hall–Kier alpha value is -3.02. The number of hydrogen-bond acceptors (Lipinski definition) is 5. The van der Waals surface area contributed by atoms with Gasteiger partial charge in [-0.2, -0.15) is 0 Å². The molecule has 0 unspecified atom stereocenters. The van der Waals surface area contributed by atoms with Crippen molar-refractivity contribution in [1.29, 1.82) is 0 Å². The maximum absolute atomic E-state index is 12.7. The van der Waals surface area contributed by atoms with Gasteiger partial charge in [0.15, 0.2) is 0 Å². The molecule has 0 bridgehead atoms. The Morgan fingerprint density at radius 3 is 2.77 bits per heavy atom. The first-order valence-corrected chi connectivity index (χ1v) is 6.82. The summed E-state index contributed by atoms with van der Waals surface area (Å²) in [5.74, 6) is -0.106. The summed E-state index contributed by atoms with van der Waals surface area (Å²) >= 11 is 0. The third kappa shape index (κ3) is 2.71. The van der Waals surface area contributed by atoms with E-state index in [9.17, 15) is 4.79 Å². The number of pyridine rings is 1. The fraction of sp³-hybridized carbons (Fsp3) is 0.125. The number of carbonyl (C=O) groups excluding carboxylic acids is 1. The molecule has 6 heteroatoms. The van der Waals surface area contributed by atoms with Crippen LogP contribution in [-0.2, 0) is 6.54 Å². The zero-order valence-electron chi connectivity index (χ0n) is 12.1. The van der Waals surface area contributed by atoms with Crippen molar-refractivity contribution in [3.05, 3.63) is 60.0 Å². The second kappa shape index (κ2) is 5.77. The van der Waals surface area contributed by atoms with Crippen LogP contribution in [0.5, 0.6) is 0 Å². The van der Waals surface area contributed by atoms with E-state index in [0.29, 0.717) is 23.1 Å². The summed E-state index contributed by atoms with van der Waals surface area (Å²) in [7, 11) is 1.72. The van der Waals surface area contributed by atoms with Gasteiger partial charge in [-0.1, -0.05) is 24.3 Å². The van der Waals surface area contributed by atoms with Gasteiger partial charge in [-0.05, 0) is 17.7 Å². The third-order valence-electron chi connectivity index (χ3n) is 3.31. The molecular formula is C16H15N5O. The van der Waals surface area contributed by atoms with Crippen molar-refractivity contribution in [2.45, 2.75) is 6.54 Å². The molecule has 2 heterocycles. The Morgan fingerprint density at radius 2 is 2.00 bits per heavy atom. The van der Waals surface area contributed by atoms with Gasteiger partial charge in [-0.15, -0.1) is 0 Å². The second-order valence-electron chi connectivity index (χ2n) is 4.97. The van der Waals surface area contributed by atoms with Crippen molar-refractivity contribution < 1.29 is 4.79 Å². The fourth-order valence-electron chi connectivity index (χ4n) is 2.28. The largest absolute Gasteiger partial charge is 0.368 e. The monoisotopic (exact) mass is 293 g/mol. The summed E-state index contributed by atoms with van der Waals surface area (Å²) in [6.07, 6.45) is 3.43. The maximum Gasteiger partial charge on any atom is 0.273 e. The molecule has 110 valence electrons. The van der Waals surface area contributed by atoms with Crippen LogP contribution < -0.4 is 5.73 Å². The lowest BCUT2D eigenvalue weighted by Gasteiger charge is -2.17. The van der Waals surface area contributed by atoms with Crippen LogP contribution in [0.15, 0.2) is 48.8 Å². The zero-order valence-corrected chi connectivity index (χ0v) is 12.1. The van der Waals surface area contributed by atoms with Crippen LogP contribution >= 0.6 is 0 Å². The quantitative estimate of drug-likeness (QED) is 0.797. The van der Waals surface area contributed by atoms with Crippen LogP contribution in [0, 0.1) is 0 Å². The van der Waals surface area contributed by atoms with E-state index in [1.54, 1.807) is 24.3 Å². The van der Waals surface area contributed by atoms with Gasteiger partial charge in [-0.25, -0.2) is 9.97 Å². The second-order valence-corrected chi connectivity index (χ2v) is 4.97. The van der Waals surface area contributed by atoms with Crippen LogP contribution in [-0.4, -0.2) is 32.8 Å². The van der Waals surface area contributed by atoms with Crippen molar-refractivity contribution in [3.63, 3.8) is 0 Å². The normalized spacial score (nSPS) is 10.6. The molecule has 22 heavy (non-hydrogen) atoms. The number of nitrogens with zero attached hydrogens (tertiary/aromatic N) is 4. The average molecular weight is 293 g/mol. The molecule has 0 spiro atoms. The first-order valence-electron chi connectivity index (χ1n) is 6.82. The lowest BCUT2D eigenvalue weighted by Crippen LogP contribution is -2.27. The van der Waals surface area contributed by atoms with Crippen LogP contribution in [0.3, 0.4) is 0 Å². The minimum Gasteiger partial charge on any atom is -0.368 e. The number of benzene rings is 1. The van der Waals surface area contributed by atoms with Gasteiger partial charge in [-0.3, -0.25) is 9.78 Å². The van der Waals surface area contributed by atoms with Crippen LogP contribution in [0.1, 0.15) is 16.1 Å². The summed E-state index contributed by atoms with van der Waals surface area (Å²) in [4.78, 5) is 26.6. The summed E-state index contributed by atoms with van der Waals surface area (Å²) in [5.41, 5.74) is 7.64.